The second-order valence-electron chi connectivity index (χ2n) is 4.54. The highest BCUT2D eigenvalue weighted by molar-refractivity contribution is 5.34. The van der Waals surface area contributed by atoms with Crippen LogP contribution in [0.4, 0.5) is 0 Å². The predicted molar refractivity (Wildman–Crippen MR) is 57.3 cm³/mol. The van der Waals surface area contributed by atoms with E-state index in [1.54, 1.807) is 5.56 Å². The van der Waals surface area contributed by atoms with E-state index in [1.807, 2.05) is 0 Å². The first-order chi connectivity index (χ1) is 6.83. The Balaban J connectivity index is 2.01. The largest absolute Gasteiger partial charge is 0.304 e. The van der Waals surface area contributed by atoms with Crippen LogP contribution in [0.3, 0.4) is 0 Å². The predicted octanol–water partition coefficient (Wildman–Crippen LogP) is 1.19. The molecular formula is C12H16N2. The molecule has 2 heteroatoms. The van der Waals surface area contributed by atoms with Crippen molar-refractivity contribution >= 4 is 0 Å². The van der Waals surface area contributed by atoms with Crippen LogP contribution in [0.25, 0.3) is 0 Å². The lowest BCUT2D eigenvalue weighted by molar-refractivity contribution is 0.180. The molecule has 0 amide bonds. The summed E-state index contributed by atoms with van der Waals surface area (Å²) in [4.78, 5) is 2.43. The van der Waals surface area contributed by atoms with Gasteiger partial charge in [-0.1, -0.05) is 24.3 Å². The molecule has 1 N–H and O–H groups in total. The Labute approximate surface area is 84.9 Å². The lowest BCUT2D eigenvalue weighted by Crippen LogP contribution is -2.54. The van der Waals surface area contributed by atoms with Crippen LogP contribution in [-0.4, -0.2) is 31.1 Å². The first-order valence-corrected chi connectivity index (χ1v) is 5.35. The lowest BCUT2D eigenvalue weighted by Gasteiger charge is -2.42. The fourth-order valence-electron chi connectivity index (χ4n) is 2.79. The van der Waals surface area contributed by atoms with E-state index in [4.69, 9.17) is 0 Å². The van der Waals surface area contributed by atoms with E-state index < -0.39 is 0 Å². The van der Waals surface area contributed by atoms with Crippen molar-refractivity contribution in [1.29, 1.82) is 0 Å². The molecule has 2 aliphatic heterocycles. The van der Waals surface area contributed by atoms with Gasteiger partial charge in [0, 0.05) is 25.2 Å². The summed E-state index contributed by atoms with van der Waals surface area (Å²) in [5.74, 6) is 0. The van der Waals surface area contributed by atoms with Crippen LogP contribution in [0.2, 0.25) is 0 Å². The summed E-state index contributed by atoms with van der Waals surface area (Å²) >= 11 is 0. The number of piperazine rings is 1. The van der Waals surface area contributed by atoms with E-state index in [9.17, 15) is 0 Å². The quantitative estimate of drug-likeness (QED) is 0.658. The van der Waals surface area contributed by atoms with Crippen molar-refractivity contribution < 1.29 is 0 Å². The van der Waals surface area contributed by atoms with Crippen molar-refractivity contribution in [1.82, 2.24) is 10.2 Å². The van der Waals surface area contributed by atoms with Gasteiger partial charge in [0.2, 0.25) is 0 Å². The highest BCUT2D eigenvalue weighted by atomic mass is 15.2. The Morgan fingerprint density at radius 1 is 1.29 bits per heavy atom. The van der Waals surface area contributed by atoms with Gasteiger partial charge in [-0.05, 0) is 24.6 Å². The molecule has 14 heavy (non-hydrogen) atoms. The first-order valence-electron chi connectivity index (χ1n) is 5.35. The van der Waals surface area contributed by atoms with Crippen molar-refractivity contribution in [2.75, 3.05) is 20.1 Å². The minimum atomic E-state index is 0.559. The maximum Gasteiger partial charge on any atom is 0.0454 e. The molecule has 1 saturated heterocycles. The molecule has 3 rings (SSSR count). The van der Waals surface area contributed by atoms with Crippen LogP contribution in [0.1, 0.15) is 17.2 Å². The van der Waals surface area contributed by atoms with Gasteiger partial charge >= 0.3 is 0 Å². The zero-order valence-corrected chi connectivity index (χ0v) is 8.53. The van der Waals surface area contributed by atoms with E-state index in [0.29, 0.717) is 12.1 Å². The second kappa shape index (κ2) is 3.07. The maximum absolute atomic E-state index is 3.70. The molecule has 0 unspecified atom stereocenters. The maximum atomic E-state index is 3.70. The van der Waals surface area contributed by atoms with Gasteiger partial charge in [-0.3, -0.25) is 0 Å². The van der Waals surface area contributed by atoms with Gasteiger partial charge in [0.1, 0.15) is 0 Å². The molecule has 0 aliphatic carbocycles. The number of fused-ring (bicyclic) bond motifs is 4. The monoisotopic (exact) mass is 188 g/mol. The zero-order chi connectivity index (χ0) is 9.54. The number of benzene rings is 1. The molecule has 0 radical (unpaired) electrons. The Bertz CT molecular complexity index is 348. The van der Waals surface area contributed by atoms with Crippen molar-refractivity contribution in [3.05, 3.63) is 35.4 Å². The van der Waals surface area contributed by atoms with Gasteiger partial charge in [-0.15, -0.1) is 0 Å². The first kappa shape index (κ1) is 8.45. The minimum absolute atomic E-state index is 0.559. The fourth-order valence-corrected chi connectivity index (χ4v) is 2.79. The Kier molecular flexibility index (Phi) is 1.85. The molecule has 2 aliphatic rings. The van der Waals surface area contributed by atoms with E-state index in [1.165, 1.54) is 18.5 Å². The standard InChI is InChI=1S/C12H16N2/c1-14-7-10-6-9-4-2-3-5-11(9)12(8-14)13-10/h2-5,10,12-13H,6-8H2,1H3/t10-,12-/m1/s1. The van der Waals surface area contributed by atoms with Gasteiger partial charge in [0.15, 0.2) is 0 Å². The summed E-state index contributed by atoms with van der Waals surface area (Å²) < 4.78 is 0. The zero-order valence-electron chi connectivity index (χ0n) is 8.53. The molecule has 0 aromatic heterocycles. The average molecular weight is 188 g/mol. The molecule has 74 valence electrons. The Morgan fingerprint density at radius 3 is 3.07 bits per heavy atom. The molecule has 1 aromatic rings. The van der Waals surface area contributed by atoms with Crippen LogP contribution in [-0.2, 0) is 6.42 Å². The third-order valence-electron chi connectivity index (χ3n) is 3.36. The molecule has 2 nitrogen and oxygen atoms in total. The Morgan fingerprint density at radius 2 is 2.14 bits per heavy atom. The van der Waals surface area contributed by atoms with Crippen molar-refractivity contribution in [3.63, 3.8) is 0 Å². The summed E-state index contributed by atoms with van der Waals surface area (Å²) in [6.07, 6.45) is 1.19. The number of hydrogen-bond donors (Lipinski definition) is 1. The van der Waals surface area contributed by atoms with E-state index in [-0.39, 0.29) is 0 Å². The van der Waals surface area contributed by atoms with Crippen LogP contribution in [0.5, 0.6) is 0 Å². The van der Waals surface area contributed by atoms with Crippen molar-refractivity contribution in [2.24, 2.45) is 0 Å². The van der Waals surface area contributed by atoms with Crippen LogP contribution >= 0.6 is 0 Å². The van der Waals surface area contributed by atoms with Gasteiger partial charge in [-0.2, -0.15) is 0 Å². The van der Waals surface area contributed by atoms with Crippen LogP contribution < -0.4 is 5.32 Å². The third-order valence-corrected chi connectivity index (χ3v) is 3.36. The molecule has 2 bridgehead atoms. The normalized spacial score (nSPS) is 31.2. The summed E-state index contributed by atoms with van der Waals surface area (Å²) in [5, 5.41) is 3.70. The smallest absolute Gasteiger partial charge is 0.0454 e. The van der Waals surface area contributed by atoms with Crippen molar-refractivity contribution in [2.45, 2.75) is 18.5 Å². The summed E-state index contributed by atoms with van der Waals surface area (Å²) in [6.45, 7) is 2.33. The molecule has 1 fully saturated rings. The summed E-state index contributed by atoms with van der Waals surface area (Å²) in [7, 11) is 2.22. The summed E-state index contributed by atoms with van der Waals surface area (Å²) in [5.41, 5.74) is 3.06. The third kappa shape index (κ3) is 1.26. The number of hydrogen-bond acceptors (Lipinski definition) is 2. The number of nitrogens with zero attached hydrogens (tertiary/aromatic N) is 1. The molecule has 2 heterocycles. The van der Waals surface area contributed by atoms with Crippen LogP contribution in [0, 0.1) is 0 Å². The molecule has 0 saturated carbocycles. The van der Waals surface area contributed by atoms with Gasteiger partial charge in [-0.25, -0.2) is 0 Å². The average Bonchev–Trinajstić information content (AvgIpc) is 2.17. The van der Waals surface area contributed by atoms with Gasteiger partial charge in [0.05, 0.1) is 0 Å². The van der Waals surface area contributed by atoms with E-state index in [0.717, 1.165) is 6.54 Å². The highest BCUT2D eigenvalue weighted by Crippen LogP contribution is 2.28. The molecule has 2 atom stereocenters. The SMILES string of the molecule is CN1C[C@H]2Cc3ccccc3[C@@H](C1)N2. The minimum Gasteiger partial charge on any atom is -0.304 e. The molecule has 1 aromatic carbocycles. The summed E-state index contributed by atoms with van der Waals surface area (Å²) in [6, 6.07) is 10.1. The number of nitrogens with one attached hydrogen (secondary N) is 1. The molecular weight excluding hydrogens is 172 g/mol. The van der Waals surface area contributed by atoms with Crippen molar-refractivity contribution in [3.8, 4) is 0 Å². The number of likely N-dealkylation sites (N-methyl/N-ethyl adjacent to an activating group) is 1. The highest BCUT2D eigenvalue weighted by Gasteiger charge is 2.31. The fraction of sp³-hybridized carbons (Fsp3) is 0.500. The topological polar surface area (TPSA) is 15.3 Å². The van der Waals surface area contributed by atoms with Gasteiger partial charge < -0.3 is 10.2 Å². The van der Waals surface area contributed by atoms with E-state index >= 15 is 0 Å². The second-order valence-corrected chi connectivity index (χ2v) is 4.54. The Hall–Kier alpha value is -0.860. The number of rotatable bonds is 0. The van der Waals surface area contributed by atoms with Gasteiger partial charge in [0.25, 0.3) is 0 Å². The van der Waals surface area contributed by atoms with E-state index in [2.05, 4.69) is 41.5 Å². The molecule has 0 spiro atoms. The van der Waals surface area contributed by atoms with Crippen LogP contribution in [0.15, 0.2) is 24.3 Å². The lowest BCUT2D eigenvalue weighted by atomic mass is 9.87.